The molecule has 10 nitrogen and oxygen atoms in total. The summed E-state index contributed by atoms with van der Waals surface area (Å²) in [6, 6.07) is 4.12. The van der Waals surface area contributed by atoms with E-state index in [4.69, 9.17) is 30.0 Å². The number of aliphatic hydroxyl groups excluding tert-OH is 3. The fraction of sp³-hybridized carbons (Fsp3) is 0.700. The first-order valence-corrected chi connectivity index (χ1v) is 12.3. The molecular formula is C20H39NO9P2. The van der Waals surface area contributed by atoms with E-state index in [2.05, 4.69) is 58.0 Å². The molecule has 0 aliphatic heterocycles. The quantitative estimate of drug-likeness (QED) is 0.232. The van der Waals surface area contributed by atoms with Crippen molar-refractivity contribution in [2.24, 2.45) is 11.1 Å². The van der Waals surface area contributed by atoms with Crippen molar-refractivity contribution in [3.05, 3.63) is 28.8 Å². The second-order valence-electron chi connectivity index (χ2n) is 9.57. The topological polar surface area (TPSA) is 186 Å². The predicted molar refractivity (Wildman–Crippen MR) is 125 cm³/mol. The lowest BCUT2D eigenvalue weighted by atomic mass is 9.78. The highest BCUT2D eigenvalue weighted by molar-refractivity contribution is 7.53. The first-order valence-electron chi connectivity index (χ1n) is 9.94. The van der Waals surface area contributed by atoms with Crippen molar-refractivity contribution < 1.29 is 43.9 Å². The molecule has 0 bridgehead atoms. The summed E-state index contributed by atoms with van der Waals surface area (Å²) in [4.78, 5) is 31.3. The van der Waals surface area contributed by atoms with Gasteiger partial charge in [0.1, 0.15) is 12.4 Å². The second kappa shape index (κ2) is 13.4. The van der Waals surface area contributed by atoms with Gasteiger partial charge in [-0.1, -0.05) is 53.7 Å². The minimum absolute atomic E-state index is 0.0324. The maximum Gasteiger partial charge on any atom is 0.334 e. The summed E-state index contributed by atoms with van der Waals surface area (Å²) < 4.78 is 9.74. The van der Waals surface area contributed by atoms with Crippen LogP contribution in [0.25, 0.3) is 0 Å². The molecule has 0 heterocycles. The van der Waals surface area contributed by atoms with Crippen LogP contribution < -0.4 is 10.5 Å². The van der Waals surface area contributed by atoms with E-state index in [0.29, 0.717) is 6.54 Å². The molecule has 188 valence electrons. The van der Waals surface area contributed by atoms with Gasteiger partial charge in [0.15, 0.2) is 0 Å². The number of ether oxygens (including phenoxy) is 1. The maximum absolute atomic E-state index is 9.58. The predicted octanol–water partition coefficient (Wildman–Crippen LogP) is 1.51. The molecule has 0 amide bonds. The molecule has 0 aliphatic carbocycles. The van der Waals surface area contributed by atoms with Crippen LogP contribution in [0.2, 0.25) is 0 Å². The molecular weight excluding hydrogens is 460 g/mol. The van der Waals surface area contributed by atoms with E-state index in [-0.39, 0.29) is 37.3 Å². The Morgan fingerprint density at radius 1 is 0.781 bits per heavy atom. The van der Waals surface area contributed by atoms with Crippen LogP contribution in [0.4, 0.5) is 0 Å². The van der Waals surface area contributed by atoms with Gasteiger partial charge in [0.05, 0.1) is 25.2 Å². The summed E-state index contributed by atoms with van der Waals surface area (Å²) in [5.74, 6) is 0.747. The van der Waals surface area contributed by atoms with E-state index in [0.717, 1.165) is 22.4 Å². The van der Waals surface area contributed by atoms with Gasteiger partial charge >= 0.3 is 17.2 Å². The Morgan fingerprint density at radius 3 is 1.38 bits per heavy atom. The Labute approximate surface area is 192 Å². The van der Waals surface area contributed by atoms with Crippen LogP contribution in [-0.4, -0.2) is 61.3 Å². The van der Waals surface area contributed by atoms with Crippen molar-refractivity contribution in [2.45, 2.75) is 58.9 Å². The first kappa shape index (κ1) is 31.5. The zero-order valence-electron chi connectivity index (χ0n) is 19.6. The third-order valence-corrected chi connectivity index (χ3v) is 5.84. The van der Waals surface area contributed by atoms with E-state index >= 15 is 0 Å². The molecule has 1 aromatic carbocycles. The largest absolute Gasteiger partial charge is 0.492 e. The SMILES string of the molecule is CC(C)(C)c1cc(CN)cc(C(C)(C)C)c1OCC(CO)(CO)CO.OP(O)OP(O)O. The standard InChI is InChI=1S/C20H35NO4.H4O5P2/c1-18(2,3)15-7-14(9-21)8-16(19(4,5)6)17(15)25-13-20(10-22,11-23)12-24;1-6(2)5-7(3)4/h7-8,22-24H,9-13,21H2,1-6H3;1-4H. The Balaban J connectivity index is 0.00000118. The highest BCUT2D eigenvalue weighted by Gasteiger charge is 2.33. The average molecular weight is 499 g/mol. The number of hydrogen-bond donors (Lipinski definition) is 8. The van der Waals surface area contributed by atoms with E-state index in [1.54, 1.807) is 0 Å². The van der Waals surface area contributed by atoms with E-state index in [1.165, 1.54) is 0 Å². The third-order valence-electron chi connectivity index (χ3n) is 4.68. The van der Waals surface area contributed by atoms with Crippen molar-refractivity contribution in [1.82, 2.24) is 0 Å². The van der Waals surface area contributed by atoms with Crippen LogP contribution in [0.1, 0.15) is 58.2 Å². The fourth-order valence-electron chi connectivity index (χ4n) is 2.65. The first-order chi connectivity index (χ1) is 14.6. The molecule has 0 radical (unpaired) electrons. The third kappa shape index (κ3) is 10.2. The Hall–Kier alpha value is -0.480. The Bertz CT molecular complexity index is 635. The lowest BCUT2D eigenvalue weighted by molar-refractivity contribution is -0.0265. The van der Waals surface area contributed by atoms with E-state index < -0.39 is 22.6 Å². The van der Waals surface area contributed by atoms with E-state index in [9.17, 15) is 15.3 Å². The number of aliphatic hydroxyl groups is 3. The van der Waals surface area contributed by atoms with Gasteiger partial charge < -0.3 is 45.4 Å². The number of hydrogen-bond acceptors (Lipinski definition) is 10. The Kier molecular flexibility index (Phi) is 13.2. The Morgan fingerprint density at radius 2 is 1.16 bits per heavy atom. The minimum atomic E-state index is -2.61. The van der Waals surface area contributed by atoms with Crippen molar-refractivity contribution >= 4 is 17.2 Å². The monoisotopic (exact) mass is 499 g/mol. The normalized spacial score (nSPS) is 12.8. The molecule has 32 heavy (non-hydrogen) atoms. The van der Waals surface area contributed by atoms with E-state index in [1.807, 2.05) is 0 Å². The van der Waals surface area contributed by atoms with Gasteiger partial charge in [-0.3, -0.25) is 0 Å². The van der Waals surface area contributed by atoms with Crippen LogP contribution >= 0.6 is 17.2 Å². The smallest absolute Gasteiger partial charge is 0.334 e. The van der Waals surface area contributed by atoms with Gasteiger partial charge in [-0.25, -0.2) is 4.31 Å². The molecule has 0 aliphatic rings. The van der Waals surface area contributed by atoms with Gasteiger partial charge in [-0.2, -0.15) is 0 Å². The summed E-state index contributed by atoms with van der Waals surface area (Å²) in [5, 5.41) is 28.7. The molecule has 12 heteroatoms. The summed E-state index contributed by atoms with van der Waals surface area (Å²) in [6.45, 7) is 12.1. The van der Waals surface area contributed by atoms with Crippen LogP contribution in [0.15, 0.2) is 12.1 Å². The number of benzene rings is 1. The van der Waals surface area contributed by atoms with Gasteiger partial charge in [-0.05, 0) is 16.4 Å². The molecule has 1 aromatic rings. The molecule has 0 spiro atoms. The zero-order valence-corrected chi connectivity index (χ0v) is 21.4. The lowest BCUT2D eigenvalue weighted by Gasteiger charge is -2.33. The van der Waals surface area contributed by atoms with Gasteiger partial charge in [0.2, 0.25) is 0 Å². The summed E-state index contributed by atoms with van der Waals surface area (Å²) in [6.07, 6.45) is 0. The molecule has 0 unspecified atom stereocenters. The van der Waals surface area contributed by atoms with Gasteiger partial charge in [-0.15, -0.1) is 0 Å². The summed E-state index contributed by atoms with van der Waals surface area (Å²) >= 11 is 0. The molecule has 0 atom stereocenters. The van der Waals surface area contributed by atoms with Crippen molar-refractivity contribution in [2.75, 3.05) is 26.4 Å². The average Bonchev–Trinajstić information content (AvgIpc) is 2.67. The minimum Gasteiger partial charge on any atom is -0.492 e. The van der Waals surface area contributed by atoms with Crippen molar-refractivity contribution in [3.8, 4) is 5.75 Å². The molecule has 0 saturated carbocycles. The van der Waals surface area contributed by atoms with Crippen molar-refractivity contribution in [3.63, 3.8) is 0 Å². The van der Waals surface area contributed by atoms with Crippen LogP contribution in [0, 0.1) is 5.41 Å². The molecule has 0 fully saturated rings. The van der Waals surface area contributed by atoms with Gasteiger partial charge in [0.25, 0.3) is 0 Å². The number of nitrogens with two attached hydrogens (primary N) is 1. The fourth-order valence-corrected chi connectivity index (χ4v) is 3.18. The lowest BCUT2D eigenvalue weighted by Crippen LogP contribution is -2.40. The van der Waals surface area contributed by atoms with Crippen LogP contribution in [0.5, 0.6) is 5.75 Å². The van der Waals surface area contributed by atoms with Gasteiger partial charge in [0, 0.05) is 17.7 Å². The van der Waals surface area contributed by atoms with Crippen LogP contribution in [0.3, 0.4) is 0 Å². The summed E-state index contributed by atoms with van der Waals surface area (Å²) in [5.41, 5.74) is 7.59. The second-order valence-corrected chi connectivity index (χ2v) is 11.2. The molecule has 1 rings (SSSR count). The summed E-state index contributed by atoms with van der Waals surface area (Å²) in [7, 11) is -5.22. The maximum atomic E-state index is 9.58. The zero-order chi connectivity index (χ0) is 25.3. The van der Waals surface area contributed by atoms with Crippen molar-refractivity contribution in [1.29, 1.82) is 0 Å². The van der Waals surface area contributed by atoms with Crippen LogP contribution in [-0.2, 0) is 21.7 Å². The number of rotatable bonds is 9. The molecule has 9 N–H and O–H groups in total. The molecule has 0 saturated heterocycles. The highest BCUT2D eigenvalue weighted by atomic mass is 31.2. The highest BCUT2D eigenvalue weighted by Crippen LogP contribution is 2.42. The molecule has 0 aromatic heterocycles.